The van der Waals surface area contributed by atoms with Gasteiger partial charge in [0.1, 0.15) is 5.54 Å². The molecule has 0 aliphatic heterocycles. The normalized spacial score (nSPS) is 16.1. The average Bonchev–Trinajstić information content (AvgIpc) is 3.08. The largest absolute Gasteiger partial charge is 0.418 e. The van der Waals surface area contributed by atoms with Gasteiger partial charge in [-0.2, -0.15) is 23.3 Å². The molecule has 0 saturated heterocycles. The van der Waals surface area contributed by atoms with Crippen LogP contribution in [0.4, 0.5) is 13.2 Å². The standard InChI is InChI=1S/C23H24F3N5O3/c1-14-13-18(32)19(29-31(14)17-10-6-5-9-16(17)23(24,25)26)20(33)28-22(11-7-3-4-8-12-22)21-27-15(2)34-30-21/h5-6,9-10,13H,3-4,7-8,11-12H2,1-2H3,(H,28,33). The van der Waals surface area contributed by atoms with Gasteiger partial charge < -0.3 is 9.84 Å². The van der Waals surface area contributed by atoms with Crippen LogP contribution < -0.4 is 10.7 Å². The van der Waals surface area contributed by atoms with Crippen molar-refractivity contribution >= 4 is 5.91 Å². The van der Waals surface area contributed by atoms with Crippen LogP contribution in [0.15, 0.2) is 39.6 Å². The van der Waals surface area contributed by atoms with Crippen molar-refractivity contribution in [1.82, 2.24) is 25.2 Å². The lowest BCUT2D eigenvalue weighted by atomic mass is 9.89. The number of aryl methyl sites for hydroxylation is 2. The van der Waals surface area contributed by atoms with Gasteiger partial charge in [0.25, 0.3) is 5.91 Å². The molecule has 1 fully saturated rings. The molecular weight excluding hydrogens is 451 g/mol. The minimum Gasteiger partial charge on any atom is -0.340 e. The Morgan fingerprint density at radius 2 is 1.79 bits per heavy atom. The van der Waals surface area contributed by atoms with Gasteiger partial charge in [-0.1, -0.05) is 43.0 Å². The molecule has 0 spiro atoms. The van der Waals surface area contributed by atoms with Crippen molar-refractivity contribution in [3.8, 4) is 5.69 Å². The number of benzene rings is 1. The van der Waals surface area contributed by atoms with Crippen LogP contribution in [0.5, 0.6) is 0 Å². The molecule has 180 valence electrons. The summed E-state index contributed by atoms with van der Waals surface area (Å²) in [7, 11) is 0. The first-order valence-corrected chi connectivity index (χ1v) is 11.0. The molecule has 2 aromatic heterocycles. The van der Waals surface area contributed by atoms with Gasteiger partial charge in [0.15, 0.2) is 11.5 Å². The number of carbonyl (C=O) groups is 1. The van der Waals surface area contributed by atoms with Gasteiger partial charge in [0, 0.05) is 18.7 Å². The molecule has 0 atom stereocenters. The highest BCUT2D eigenvalue weighted by Crippen LogP contribution is 2.35. The van der Waals surface area contributed by atoms with Crippen molar-refractivity contribution < 1.29 is 22.5 Å². The minimum atomic E-state index is -4.64. The van der Waals surface area contributed by atoms with Gasteiger partial charge in [0.2, 0.25) is 11.3 Å². The van der Waals surface area contributed by atoms with E-state index < -0.39 is 34.3 Å². The summed E-state index contributed by atoms with van der Waals surface area (Å²) in [4.78, 5) is 30.3. The quantitative estimate of drug-likeness (QED) is 0.567. The molecule has 3 aromatic rings. The maximum absolute atomic E-state index is 13.6. The summed E-state index contributed by atoms with van der Waals surface area (Å²) in [5.74, 6) is -0.143. The third kappa shape index (κ3) is 4.59. The lowest BCUT2D eigenvalue weighted by Gasteiger charge is -2.30. The second-order valence-electron chi connectivity index (χ2n) is 8.51. The molecule has 0 bridgehead atoms. The highest BCUT2D eigenvalue weighted by atomic mass is 19.4. The number of halogens is 3. The number of alkyl halides is 3. The molecule has 0 radical (unpaired) electrons. The fourth-order valence-corrected chi connectivity index (χ4v) is 4.35. The first kappa shape index (κ1) is 23.7. The van der Waals surface area contributed by atoms with Gasteiger partial charge in [0.05, 0.1) is 11.3 Å². The maximum Gasteiger partial charge on any atom is 0.418 e. The number of amides is 1. The predicted octanol–water partition coefficient (Wildman–Crippen LogP) is 4.23. The Bertz CT molecular complexity index is 1260. The highest BCUT2D eigenvalue weighted by molar-refractivity contribution is 5.92. The van der Waals surface area contributed by atoms with E-state index in [9.17, 15) is 22.8 Å². The van der Waals surface area contributed by atoms with Crippen LogP contribution in [0.2, 0.25) is 0 Å². The Morgan fingerprint density at radius 1 is 1.12 bits per heavy atom. The van der Waals surface area contributed by atoms with E-state index in [1.165, 1.54) is 25.1 Å². The Labute approximate surface area is 193 Å². The third-order valence-electron chi connectivity index (χ3n) is 6.03. The maximum atomic E-state index is 13.6. The molecule has 1 aliphatic rings. The fraction of sp³-hybridized carbons (Fsp3) is 0.435. The zero-order valence-electron chi connectivity index (χ0n) is 18.8. The van der Waals surface area contributed by atoms with Crippen LogP contribution in [-0.2, 0) is 11.7 Å². The monoisotopic (exact) mass is 475 g/mol. The summed E-state index contributed by atoms with van der Waals surface area (Å²) in [6, 6.07) is 5.97. The molecule has 1 N–H and O–H groups in total. The van der Waals surface area contributed by atoms with Crippen molar-refractivity contribution in [1.29, 1.82) is 0 Å². The molecular formula is C23H24F3N5O3. The lowest BCUT2D eigenvalue weighted by Crippen LogP contribution is -2.48. The number of carbonyl (C=O) groups excluding carboxylic acids is 1. The predicted molar refractivity (Wildman–Crippen MR) is 115 cm³/mol. The van der Waals surface area contributed by atoms with Gasteiger partial charge >= 0.3 is 6.18 Å². The summed E-state index contributed by atoms with van der Waals surface area (Å²) in [6.45, 7) is 3.10. The van der Waals surface area contributed by atoms with Gasteiger partial charge in [-0.3, -0.25) is 9.59 Å². The van der Waals surface area contributed by atoms with Crippen molar-refractivity contribution in [3.63, 3.8) is 0 Å². The van der Waals surface area contributed by atoms with Gasteiger partial charge in [-0.15, -0.1) is 0 Å². The Kier molecular flexibility index (Phi) is 6.28. The molecule has 1 amide bonds. The van der Waals surface area contributed by atoms with E-state index in [0.29, 0.717) is 24.6 Å². The smallest absolute Gasteiger partial charge is 0.340 e. The molecule has 2 heterocycles. The van der Waals surface area contributed by atoms with E-state index in [-0.39, 0.29) is 11.4 Å². The highest BCUT2D eigenvalue weighted by Gasteiger charge is 2.40. The van der Waals surface area contributed by atoms with Crippen LogP contribution >= 0.6 is 0 Å². The molecule has 4 rings (SSSR count). The minimum absolute atomic E-state index is 0.163. The van der Waals surface area contributed by atoms with Crippen LogP contribution in [0.3, 0.4) is 0 Å². The Balaban J connectivity index is 1.77. The number of nitrogens with zero attached hydrogens (tertiary/aromatic N) is 4. The van der Waals surface area contributed by atoms with E-state index in [0.717, 1.165) is 42.5 Å². The summed E-state index contributed by atoms with van der Waals surface area (Å²) in [5.41, 5.74) is -3.20. The van der Waals surface area contributed by atoms with Crippen molar-refractivity contribution in [2.24, 2.45) is 0 Å². The second-order valence-corrected chi connectivity index (χ2v) is 8.51. The number of hydrogen-bond donors (Lipinski definition) is 1. The molecule has 34 heavy (non-hydrogen) atoms. The topological polar surface area (TPSA) is 103 Å². The Hall–Kier alpha value is -3.50. The number of rotatable bonds is 4. The summed E-state index contributed by atoms with van der Waals surface area (Å²) in [5, 5.41) is 11.0. The van der Waals surface area contributed by atoms with E-state index in [1.807, 2.05) is 0 Å². The number of aromatic nitrogens is 4. The van der Waals surface area contributed by atoms with E-state index in [2.05, 4.69) is 20.6 Å². The lowest BCUT2D eigenvalue weighted by molar-refractivity contribution is -0.137. The summed E-state index contributed by atoms with van der Waals surface area (Å²) >= 11 is 0. The zero-order chi connectivity index (χ0) is 24.5. The van der Waals surface area contributed by atoms with Gasteiger partial charge in [-0.05, 0) is 31.9 Å². The first-order chi connectivity index (χ1) is 16.1. The SMILES string of the molecule is Cc1nc(C2(NC(=O)c3nn(-c4ccccc4C(F)(F)F)c(C)cc3=O)CCCCCC2)no1. The van der Waals surface area contributed by atoms with Crippen molar-refractivity contribution in [3.05, 3.63) is 69.2 Å². The third-order valence-corrected chi connectivity index (χ3v) is 6.03. The average molecular weight is 475 g/mol. The van der Waals surface area contributed by atoms with Crippen LogP contribution in [0.25, 0.3) is 5.69 Å². The van der Waals surface area contributed by atoms with Crippen LogP contribution in [0.1, 0.15) is 72.0 Å². The molecule has 11 heteroatoms. The number of hydrogen-bond acceptors (Lipinski definition) is 6. The molecule has 1 aliphatic carbocycles. The molecule has 8 nitrogen and oxygen atoms in total. The summed E-state index contributed by atoms with van der Waals surface area (Å²) in [6.07, 6.45) is -0.0200. The van der Waals surface area contributed by atoms with Crippen LogP contribution in [-0.4, -0.2) is 25.8 Å². The molecule has 0 unspecified atom stereocenters. The van der Waals surface area contributed by atoms with Gasteiger partial charge in [-0.25, -0.2) is 4.68 Å². The molecule has 1 saturated carbocycles. The Morgan fingerprint density at radius 3 is 2.41 bits per heavy atom. The van der Waals surface area contributed by atoms with Crippen molar-refractivity contribution in [2.45, 2.75) is 64.1 Å². The molecule has 1 aromatic carbocycles. The van der Waals surface area contributed by atoms with E-state index in [1.54, 1.807) is 6.92 Å². The zero-order valence-corrected chi connectivity index (χ0v) is 18.8. The number of para-hydroxylation sites is 1. The van der Waals surface area contributed by atoms with Crippen molar-refractivity contribution in [2.75, 3.05) is 0 Å². The fourth-order valence-electron chi connectivity index (χ4n) is 4.35. The van der Waals surface area contributed by atoms with E-state index >= 15 is 0 Å². The number of nitrogens with one attached hydrogen (secondary N) is 1. The first-order valence-electron chi connectivity index (χ1n) is 11.0. The van der Waals surface area contributed by atoms with E-state index in [4.69, 9.17) is 4.52 Å². The second kappa shape index (κ2) is 9.03. The summed E-state index contributed by atoms with van der Waals surface area (Å²) < 4.78 is 46.9. The van der Waals surface area contributed by atoms with Crippen LogP contribution in [0, 0.1) is 13.8 Å².